The van der Waals surface area contributed by atoms with Crippen LogP contribution in [-0.4, -0.2) is 12.6 Å². The van der Waals surface area contributed by atoms with Crippen LogP contribution in [0.2, 0.25) is 0 Å². The first-order chi connectivity index (χ1) is 4.75. The van der Waals surface area contributed by atoms with Crippen LogP contribution < -0.4 is 0 Å². The van der Waals surface area contributed by atoms with E-state index in [2.05, 4.69) is 13.8 Å². The minimum Gasteiger partial charge on any atom is -0.465 e. The van der Waals surface area contributed by atoms with E-state index in [4.69, 9.17) is 4.74 Å². The lowest BCUT2D eigenvalue weighted by Crippen LogP contribution is -2.15. The normalized spacial score (nSPS) is 28.2. The zero-order valence-corrected chi connectivity index (χ0v) is 6.59. The van der Waals surface area contributed by atoms with Gasteiger partial charge in [0.25, 0.3) is 0 Å². The molecule has 0 N–H and O–H groups in total. The largest absolute Gasteiger partial charge is 0.465 e. The average molecular weight is 142 g/mol. The highest BCUT2D eigenvalue weighted by Gasteiger charge is 2.30. The van der Waals surface area contributed by atoms with Crippen LogP contribution in [0.15, 0.2) is 0 Å². The van der Waals surface area contributed by atoms with Crippen molar-refractivity contribution in [3.8, 4) is 0 Å². The number of hydrogen-bond donors (Lipinski definition) is 0. The van der Waals surface area contributed by atoms with Crippen molar-refractivity contribution in [2.45, 2.75) is 26.7 Å². The van der Waals surface area contributed by atoms with Crippen molar-refractivity contribution in [2.24, 2.45) is 11.8 Å². The van der Waals surface area contributed by atoms with Gasteiger partial charge in [-0.3, -0.25) is 4.79 Å². The predicted molar refractivity (Wildman–Crippen MR) is 38.5 cm³/mol. The van der Waals surface area contributed by atoms with Crippen LogP contribution in [0.1, 0.15) is 26.7 Å². The quantitative estimate of drug-likeness (QED) is 0.547. The van der Waals surface area contributed by atoms with E-state index >= 15 is 0 Å². The molecule has 0 aromatic carbocycles. The Morgan fingerprint density at radius 3 is 2.90 bits per heavy atom. The lowest BCUT2D eigenvalue weighted by Gasteiger charge is -2.11. The maximum Gasteiger partial charge on any atom is 0.309 e. The SMILES string of the molecule is CCC(C)C1CCOC1=O. The van der Waals surface area contributed by atoms with Gasteiger partial charge in [0.2, 0.25) is 0 Å². The molecule has 2 nitrogen and oxygen atoms in total. The second kappa shape index (κ2) is 3.04. The Hall–Kier alpha value is -0.530. The Balaban J connectivity index is 2.46. The highest BCUT2D eigenvalue weighted by molar-refractivity contribution is 5.74. The molecule has 58 valence electrons. The fourth-order valence-electron chi connectivity index (χ4n) is 1.31. The third-order valence-corrected chi connectivity index (χ3v) is 2.31. The van der Waals surface area contributed by atoms with Gasteiger partial charge in [-0.2, -0.15) is 0 Å². The molecule has 1 rings (SSSR count). The lowest BCUT2D eigenvalue weighted by molar-refractivity contribution is -0.142. The van der Waals surface area contributed by atoms with Gasteiger partial charge >= 0.3 is 5.97 Å². The zero-order chi connectivity index (χ0) is 7.56. The molecule has 0 aromatic rings. The molecule has 1 saturated heterocycles. The lowest BCUT2D eigenvalue weighted by atomic mass is 9.91. The van der Waals surface area contributed by atoms with Gasteiger partial charge in [0.1, 0.15) is 0 Å². The minimum absolute atomic E-state index is 0.00866. The van der Waals surface area contributed by atoms with Gasteiger partial charge in [0, 0.05) is 0 Å². The van der Waals surface area contributed by atoms with Crippen LogP contribution in [0.3, 0.4) is 0 Å². The predicted octanol–water partition coefficient (Wildman–Crippen LogP) is 1.60. The van der Waals surface area contributed by atoms with E-state index in [-0.39, 0.29) is 11.9 Å². The summed E-state index contributed by atoms with van der Waals surface area (Å²) in [5.74, 6) is 0.689. The summed E-state index contributed by atoms with van der Waals surface area (Å²) in [5.41, 5.74) is 0. The van der Waals surface area contributed by atoms with Crippen LogP contribution in [0.5, 0.6) is 0 Å². The monoisotopic (exact) mass is 142 g/mol. The fourth-order valence-corrected chi connectivity index (χ4v) is 1.31. The second-order valence-corrected chi connectivity index (χ2v) is 2.95. The Bertz CT molecular complexity index is 131. The molecule has 2 atom stereocenters. The molecular formula is C8H14O2. The maximum absolute atomic E-state index is 11.0. The topological polar surface area (TPSA) is 26.3 Å². The molecule has 0 saturated carbocycles. The first-order valence-corrected chi connectivity index (χ1v) is 3.92. The third kappa shape index (κ3) is 1.31. The molecule has 1 heterocycles. The number of cyclic esters (lactones) is 1. The summed E-state index contributed by atoms with van der Waals surface area (Å²) < 4.78 is 4.85. The number of hydrogen-bond acceptors (Lipinski definition) is 2. The van der Waals surface area contributed by atoms with Crippen molar-refractivity contribution in [3.63, 3.8) is 0 Å². The third-order valence-electron chi connectivity index (χ3n) is 2.31. The van der Waals surface area contributed by atoms with E-state index < -0.39 is 0 Å². The Labute approximate surface area is 61.6 Å². The molecular weight excluding hydrogens is 128 g/mol. The Morgan fingerprint density at radius 2 is 2.50 bits per heavy atom. The molecule has 0 bridgehead atoms. The smallest absolute Gasteiger partial charge is 0.309 e. The number of carbonyl (C=O) groups excluding carboxylic acids is 1. The second-order valence-electron chi connectivity index (χ2n) is 2.95. The number of ether oxygens (including phenoxy) is 1. The van der Waals surface area contributed by atoms with Crippen molar-refractivity contribution in [1.29, 1.82) is 0 Å². The van der Waals surface area contributed by atoms with Gasteiger partial charge in [0.05, 0.1) is 12.5 Å². The summed E-state index contributed by atoms with van der Waals surface area (Å²) in [5, 5.41) is 0. The standard InChI is InChI=1S/C8H14O2/c1-3-6(2)7-4-5-10-8(7)9/h6-7H,3-5H2,1-2H3. The van der Waals surface area contributed by atoms with Crippen LogP contribution in [-0.2, 0) is 9.53 Å². The van der Waals surface area contributed by atoms with Crippen molar-refractivity contribution >= 4 is 5.97 Å². The van der Waals surface area contributed by atoms with Gasteiger partial charge in [-0.05, 0) is 12.3 Å². The van der Waals surface area contributed by atoms with Gasteiger partial charge in [-0.25, -0.2) is 0 Å². The molecule has 2 heteroatoms. The molecule has 0 spiro atoms. The molecule has 0 amide bonds. The molecule has 10 heavy (non-hydrogen) atoms. The van der Waals surface area contributed by atoms with Crippen molar-refractivity contribution in [2.75, 3.05) is 6.61 Å². The Kier molecular flexibility index (Phi) is 2.30. The molecule has 0 radical (unpaired) electrons. The first-order valence-electron chi connectivity index (χ1n) is 3.92. The van der Waals surface area contributed by atoms with E-state index in [1.807, 2.05) is 0 Å². The van der Waals surface area contributed by atoms with E-state index in [1.165, 1.54) is 0 Å². The molecule has 1 fully saturated rings. The van der Waals surface area contributed by atoms with E-state index in [1.54, 1.807) is 0 Å². The van der Waals surface area contributed by atoms with Crippen molar-refractivity contribution in [3.05, 3.63) is 0 Å². The molecule has 0 aromatic heterocycles. The Morgan fingerprint density at radius 1 is 1.80 bits per heavy atom. The summed E-state index contributed by atoms with van der Waals surface area (Å²) in [6.45, 7) is 4.85. The van der Waals surface area contributed by atoms with Crippen molar-refractivity contribution in [1.82, 2.24) is 0 Å². The van der Waals surface area contributed by atoms with Crippen molar-refractivity contribution < 1.29 is 9.53 Å². The number of rotatable bonds is 2. The molecule has 2 unspecified atom stereocenters. The van der Waals surface area contributed by atoms with Gasteiger partial charge < -0.3 is 4.74 Å². The van der Waals surface area contributed by atoms with Gasteiger partial charge in [0.15, 0.2) is 0 Å². The molecule has 1 aliphatic rings. The van der Waals surface area contributed by atoms with Crippen LogP contribution >= 0.6 is 0 Å². The fraction of sp³-hybridized carbons (Fsp3) is 0.875. The first kappa shape index (κ1) is 7.58. The number of carbonyl (C=O) groups is 1. The van der Waals surface area contributed by atoms with Crippen LogP contribution in [0.25, 0.3) is 0 Å². The van der Waals surface area contributed by atoms with E-state index in [0.717, 1.165) is 12.8 Å². The van der Waals surface area contributed by atoms with Crippen LogP contribution in [0, 0.1) is 11.8 Å². The van der Waals surface area contributed by atoms with Gasteiger partial charge in [-0.1, -0.05) is 20.3 Å². The summed E-state index contributed by atoms with van der Waals surface area (Å²) in [4.78, 5) is 11.0. The van der Waals surface area contributed by atoms with E-state index in [0.29, 0.717) is 12.5 Å². The van der Waals surface area contributed by atoms with Gasteiger partial charge in [-0.15, -0.1) is 0 Å². The zero-order valence-electron chi connectivity index (χ0n) is 6.59. The highest BCUT2D eigenvalue weighted by Crippen LogP contribution is 2.24. The highest BCUT2D eigenvalue weighted by atomic mass is 16.5. The molecule has 1 aliphatic heterocycles. The summed E-state index contributed by atoms with van der Waals surface area (Å²) >= 11 is 0. The minimum atomic E-state index is 0.00866. The molecule has 0 aliphatic carbocycles. The average Bonchev–Trinajstić information content (AvgIpc) is 2.34. The van der Waals surface area contributed by atoms with E-state index in [9.17, 15) is 4.79 Å². The summed E-state index contributed by atoms with van der Waals surface area (Å²) in [7, 11) is 0. The summed E-state index contributed by atoms with van der Waals surface area (Å²) in [6.07, 6.45) is 1.99. The maximum atomic E-state index is 11.0. The van der Waals surface area contributed by atoms with Crippen LogP contribution in [0.4, 0.5) is 0 Å². The summed E-state index contributed by atoms with van der Waals surface area (Å²) in [6, 6.07) is 0. The number of esters is 1.